The van der Waals surface area contributed by atoms with E-state index in [0.717, 1.165) is 5.56 Å². The molecule has 0 aliphatic rings. The van der Waals surface area contributed by atoms with Crippen LogP contribution in [0.2, 0.25) is 0 Å². The maximum absolute atomic E-state index is 11.9. The molecule has 2 aromatic carbocycles. The minimum Gasteiger partial charge on any atom is -0.493 e. The minimum atomic E-state index is -0.621. The third-order valence-corrected chi connectivity index (χ3v) is 3.35. The number of rotatable bonds is 8. The molecule has 0 radical (unpaired) electrons. The predicted octanol–water partition coefficient (Wildman–Crippen LogP) is 3.53. The number of allylic oxidation sites excluding steroid dienone is 1. The molecule has 0 aliphatic carbocycles. The fourth-order valence-electron chi connectivity index (χ4n) is 2.13. The van der Waals surface area contributed by atoms with Crippen LogP contribution in [-0.4, -0.2) is 32.1 Å². The maximum Gasteiger partial charge on any atom is 0.344 e. The van der Waals surface area contributed by atoms with E-state index < -0.39 is 5.97 Å². The van der Waals surface area contributed by atoms with Crippen molar-refractivity contribution in [2.24, 2.45) is 0 Å². The summed E-state index contributed by atoms with van der Waals surface area (Å²) in [5, 5.41) is 0. The summed E-state index contributed by atoms with van der Waals surface area (Å²) >= 11 is 0. The molecular weight excluding hydrogens is 320 g/mol. The van der Waals surface area contributed by atoms with E-state index in [1.54, 1.807) is 36.4 Å². The number of carbonyl (C=O) groups is 2. The van der Waals surface area contributed by atoms with Crippen LogP contribution in [0, 0.1) is 0 Å². The van der Waals surface area contributed by atoms with Gasteiger partial charge in [0.25, 0.3) is 0 Å². The number of ketones is 1. The van der Waals surface area contributed by atoms with Crippen LogP contribution >= 0.6 is 0 Å². The number of hydrogen-bond acceptors (Lipinski definition) is 5. The van der Waals surface area contributed by atoms with Gasteiger partial charge in [-0.15, -0.1) is 0 Å². The fraction of sp³-hybridized carbons (Fsp3) is 0.200. The van der Waals surface area contributed by atoms with Gasteiger partial charge in [-0.05, 0) is 24.6 Å². The first kappa shape index (κ1) is 18.3. The van der Waals surface area contributed by atoms with Gasteiger partial charge in [0.15, 0.2) is 30.5 Å². The van der Waals surface area contributed by atoms with E-state index in [2.05, 4.69) is 0 Å². The molecule has 2 rings (SSSR count). The standard InChI is InChI=1S/C20H20O5/c1-3-7-15-10-11-18(19(12-15)23-2)24-14-20(22)25-13-17(21)16-8-5-4-6-9-16/h3-12H,13-14H2,1-2H3/b7-3+. The van der Waals surface area contributed by atoms with Gasteiger partial charge in [0.2, 0.25) is 0 Å². The van der Waals surface area contributed by atoms with Gasteiger partial charge in [0.05, 0.1) is 7.11 Å². The SMILES string of the molecule is C/C=C/c1ccc(OCC(=O)OCC(=O)c2ccccc2)c(OC)c1. The van der Waals surface area contributed by atoms with E-state index >= 15 is 0 Å². The van der Waals surface area contributed by atoms with Crippen LogP contribution in [-0.2, 0) is 9.53 Å². The van der Waals surface area contributed by atoms with Gasteiger partial charge < -0.3 is 14.2 Å². The topological polar surface area (TPSA) is 61.8 Å². The van der Waals surface area contributed by atoms with Crippen LogP contribution in [0.5, 0.6) is 11.5 Å². The third-order valence-electron chi connectivity index (χ3n) is 3.35. The number of methoxy groups -OCH3 is 1. The molecule has 0 aliphatic heterocycles. The van der Waals surface area contributed by atoms with Crippen molar-refractivity contribution in [3.8, 4) is 11.5 Å². The summed E-state index contributed by atoms with van der Waals surface area (Å²) < 4.78 is 15.6. The first-order valence-electron chi connectivity index (χ1n) is 7.81. The second-order valence-corrected chi connectivity index (χ2v) is 5.15. The zero-order chi connectivity index (χ0) is 18.1. The highest BCUT2D eigenvalue weighted by molar-refractivity contribution is 5.97. The Bertz CT molecular complexity index is 750. The van der Waals surface area contributed by atoms with Crippen LogP contribution in [0.3, 0.4) is 0 Å². The number of carbonyl (C=O) groups excluding carboxylic acids is 2. The van der Waals surface area contributed by atoms with Crippen molar-refractivity contribution < 1.29 is 23.8 Å². The first-order valence-corrected chi connectivity index (χ1v) is 7.81. The van der Waals surface area contributed by atoms with Gasteiger partial charge in [0, 0.05) is 5.56 Å². The zero-order valence-electron chi connectivity index (χ0n) is 14.2. The van der Waals surface area contributed by atoms with Gasteiger partial charge in [-0.1, -0.05) is 48.6 Å². The second-order valence-electron chi connectivity index (χ2n) is 5.15. The highest BCUT2D eigenvalue weighted by Gasteiger charge is 2.12. The van der Waals surface area contributed by atoms with Crippen molar-refractivity contribution in [1.82, 2.24) is 0 Å². The number of benzene rings is 2. The lowest BCUT2D eigenvalue weighted by Gasteiger charge is -2.11. The number of hydrogen-bond donors (Lipinski definition) is 0. The van der Waals surface area contributed by atoms with Crippen molar-refractivity contribution in [3.63, 3.8) is 0 Å². The summed E-state index contributed by atoms with van der Waals surface area (Å²) in [7, 11) is 1.53. The lowest BCUT2D eigenvalue weighted by Crippen LogP contribution is -2.19. The molecule has 0 spiro atoms. The molecule has 2 aromatic rings. The Labute approximate surface area is 146 Å². The third kappa shape index (κ3) is 5.49. The van der Waals surface area contributed by atoms with Crippen LogP contribution in [0.1, 0.15) is 22.8 Å². The van der Waals surface area contributed by atoms with Gasteiger partial charge in [0.1, 0.15) is 0 Å². The lowest BCUT2D eigenvalue weighted by molar-refractivity contribution is -0.144. The van der Waals surface area contributed by atoms with Crippen LogP contribution in [0.4, 0.5) is 0 Å². The zero-order valence-corrected chi connectivity index (χ0v) is 14.2. The predicted molar refractivity (Wildman–Crippen MR) is 94.9 cm³/mol. The van der Waals surface area contributed by atoms with Gasteiger partial charge in [-0.3, -0.25) is 4.79 Å². The van der Waals surface area contributed by atoms with E-state index in [1.165, 1.54) is 7.11 Å². The lowest BCUT2D eigenvalue weighted by atomic mass is 10.1. The van der Waals surface area contributed by atoms with Gasteiger partial charge >= 0.3 is 5.97 Å². The summed E-state index contributed by atoms with van der Waals surface area (Å²) in [4.78, 5) is 23.6. The number of esters is 1. The Morgan fingerprint density at radius 1 is 1.00 bits per heavy atom. The molecule has 0 saturated carbocycles. The Balaban J connectivity index is 1.86. The van der Waals surface area contributed by atoms with E-state index in [9.17, 15) is 9.59 Å². The molecule has 0 aromatic heterocycles. The van der Waals surface area contributed by atoms with Crippen molar-refractivity contribution in [1.29, 1.82) is 0 Å². The summed E-state index contributed by atoms with van der Waals surface area (Å²) in [5.74, 6) is 0.0666. The maximum atomic E-state index is 11.9. The van der Waals surface area contributed by atoms with Crippen molar-refractivity contribution in [3.05, 3.63) is 65.7 Å². The summed E-state index contributed by atoms with van der Waals surface area (Å²) in [6.45, 7) is 1.30. The number of ether oxygens (including phenoxy) is 3. The molecule has 5 heteroatoms. The molecule has 0 saturated heterocycles. The summed E-state index contributed by atoms with van der Waals surface area (Å²) in [5.41, 5.74) is 1.46. The van der Waals surface area contributed by atoms with Gasteiger partial charge in [-0.25, -0.2) is 4.79 Å². The highest BCUT2D eigenvalue weighted by Crippen LogP contribution is 2.28. The Hall–Kier alpha value is -3.08. The molecule has 0 fully saturated rings. The summed E-state index contributed by atoms with van der Waals surface area (Å²) in [6.07, 6.45) is 3.84. The normalized spacial score (nSPS) is 10.5. The van der Waals surface area contributed by atoms with Crippen LogP contribution in [0.25, 0.3) is 6.08 Å². The van der Waals surface area contributed by atoms with Crippen molar-refractivity contribution >= 4 is 17.8 Å². The van der Waals surface area contributed by atoms with E-state index in [-0.39, 0.29) is 19.0 Å². The van der Waals surface area contributed by atoms with Gasteiger partial charge in [-0.2, -0.15) is 0 Å². The number of Topliss-reactive ketones (excluding diaryl/α,β-unsaturated/α-hetero) is 1. The van der Waals surface area contributed by atoms with Crippen LogP contribution in [0.15, 0.2) is 54.6 Å². The minimum absolute atomic E-state index is 0.262. The second kappa shape index (κ2) is 9.27. The largest absolute Gasteiger partial charge is 0.493 e. The molecule has 5 nitrogen and oxygen atoms in total. The van der Waals surface area contributed by atoms with Crippen molar-refractivity contribution in [2.75, 3.05) is 20.3 Å². The molecule has 0 unspecified atom stereocenters. The molecule has 0 amide bonds. The van der Waals surface area contributed by atoms with E-state index in [0.29, 0.717) is 17.1 Å². The van der Waals surface area contributed by atoms with Crippen LogP contribution < -0.4 is 9.47 Å². The Morgan fingerprint density at radius 3 is 2.44 bits per heavy atom. The van der Waals surface area contributed by atoms with Crippen molar-refractivity contribution in [2.45, 2.75) is 6.92 Å². The molecule has 0 N–H and O–H groups in total. The Morgan fingerprint density at radius 2 is 1.76 bits per heavy atom. The summed E-state index contributed by atoms with van der Waals surface area (Å²) in [6, 6.07) is 14.0. The Kier molecular flexibility index (Phi) is 6.77. The first-order chi connectivity index (χ1) is 12.1. The molecule has 0 heterocycles. The molecule has 0 bridgehead atoms. The highest BCUT2D eigenvalue weighted by atomic mass is 16.6. The molecular formula is C20H20O5. The quantitative estimate of drug-likeness (QED) is 0.543. The molecule has 130 valence electrons. The smallest absolute Gasteiger partial charge is 0.344 e. The average molecular weight is 340 g/mol. The van der Waals surface area contributed by atoms with E-state index in [4.69, 9.17) is 14.2 Å². The monoisotopic (exact) mass is 340 g/mol. The fourth-order valence-corrected chi connectivity index (χ4v) is 2.13. The molecule has 0 atom stereocenters. The van der Waals surface area contributed by atoms with E-state index in [1.807, 2.05) is 31.2 Å². The molecule has 25 heavy (non-hydrogen) atoms. The average Bonchev–Trinajstić information content (AvgIpc) is 2.65.